The molecule has 0 heterocycles. The molecule has 1 unspecified atom stereocenters. The summed E-state index contributed by atoms with van der Waals surface area (Å²) in [5.74, 6) is 1.45. The number of benzene rings is 1. The van der Waals surface area contributed by atoms with Crippen LogP contribution in [0.5, 0.6) is 5.75 Å². The van der Waals surface area contributed by atoms with Gasteiger partial charge in [-0.2, -0.15) is 5.26 Å². The van der Waals surface area contributed by atoms with Crippen LogP contribution >= 0.6 is 15.9 Å². The summed E-state index contributed by atoms with van der Waals surface area (Å²) in [5.41, 5.74) is 0.639. The lowest BCUT2D eigenvalue weighted by Gasteiger charge is -2.15. The highest BCUT2D eigenvalue weighted by Gasteiger charge is 2.08. The Labute approximate surface area is 118 Å². The van der Waals surface area contributed by atoms with Gasteiger partial charge in [0.05, 0.1) is 12.2 Å². The Morgan fingerprint density at radius 1 is 1.39 bits per heavy atom. The number of unbranched alkanes of at least 4 members (excludes halogenated alkanes) is 1. The quantitative estimate of drug-likeness (QED) is 0.716. The first-order valence-electron chi connectivity index (χ1n) is 6.53. The van der Waals surface area contributed by atoms with Crippen molar-refractivity contribution in [2.45, 2.75) is 39.5 Å². The molecule has 1 rings (SSSR count). The Hall–Kier alpha value is -1.01. The molecule has 0 aromatic heterocycles. The molecule has 2 nitrogen and oxygen atoms in total. The van der Waals surface area contributed by atoms with Crippen LogP contribution < -0.4 is 4.74 Å². The normalized spacial score (nSPS) is 11.9. The average Bonchev–Trinajstić information content (AvgIpc) is 2.39. The maximum Gasteiger partial charge on any atom is 0.120 e. The fourth-order valence-electron chi connectivity index (χ4n) is 1.79. The highest BCUT2D eigenvalue weighted by Crippen LogP contribution is 2.23. The van der Waals surface area contributed by atoms with Crippen molar-refractivity contribution in [3.05, 3.63) is 28.2 Å². The first kappa shape index (κ1) is 15.0. The predicted octanol–water partition coefficient (Wildman–Crippen LogP) is 4.92. The number of hydrogen-bond donors (Lipinski definition) is 0. The molecule has 0 aliphatic carbocycles. The van der Waals surface area contributed by atoms with E-state index >= 15 is 0 Å². The summed E-state index contributed by atoms with van der Waals surface area (Å²) in [7, 11) is 0. The lowest BCUT2D eigenvalue weighted by atomic mass is 10.0. The van der Waals surface area contributed by atoms with Crippen molar-refractivity contribution in [3.8, 4) is 11.8 Å². The minimum Gasteiger partial charge on any atom is -0.493 e. The lowest BCUT2D eigenvalue weighted by Crippen LogP contribution is -2.11. The topological polar surface area (TPSA) is 33.0 Å². The van der Waals surface area contributed by atoms with E-state index in [0.29, 0.717) is 11.5 Å². The highest BCUT2D eigenvalue weighted by atomic mass is 79.9. The summed E-state index contributed by atoms with van der Waals surface area (Å²) in [6.45, 7) is 5.18. The Kier molecular flexibility index (Phi) is 6.82. The average molecular weight is 310 g/mol. The van der Waals surface area contributed by atoms with E-state index in [9.17, 15) is 0 Å². The number of halogens is 1. The zero-order valence-electron chi connectivity index (χ0n) is 11.1. The monoisotopic (exact) mass is 309 g/mol. The summed E-state index contributed by atoms with van der Waals surface area (Å²) in [6, 6.07) is 7.63. The summed E-state index contributed by atoms with van der Waals surface area (Å²) >= 11 is 3.37. The fourth-order valence-corrected chi connectivity index (χ4v) is 2.23. The van der Waals surface area contributed by atoms with Crippen LogP contribution in [0.2, 0.25) is 0 Å². The molecule has 1 atom stereocenters. The molecule has 0 fully saturated rings. The van der Waals surface area contributed by atoms with Gasteiger partial charge < -0.3 is 4.74 Å². The SMILES string of the molecule is CCCCC(CC)COc1ccc(C#N)c(Br)c1. The van der Waals surface area contributed by atoms with E-state index in [2.05, 4.69) is 35.8 Å². The van der Waals surface area contributed by atoms with Crippen LogP contribution in [0.1, 0.15) is 45.1 Å². The van der Waals surface area contributed by atoms with Crippen LogP contribution in [0.3, 0.4) is 0 Å². The maximum absolute atomic E-state index is 8.84. The number of ether oxygens (including phenoxy) is 1. The van der Waals surface area contributed by atoms with Crippen LogP contribution in [0, 0.1) is 17.2 Å². The summed E-state index contributed by atoms with van der Waals surface area (Å²) < 4.78 is 6.59. The number of rotatable bonds is 7. The standard InChI is InChI=1S/C15H20BrNO/c1-3-5-6-12(4-2)11-18-14-8-7-13(10-17)15(16)9-14/h7-9,12H,3-6,11H2,1-2H3. The molecule has 0 saturated carbocycles. The highest BCUT2D eigenvalue weighted by molar-refractivity contribution is 9.10. The summed E-state index contributed by atoms with van der Waals surface area (Å²) in [4.78, 5) is 0. The Morgan fingerprint density at radius 2 is 2.17 bits per heavy atom. The molecular formula is C15H20BrNO. The molecule has 0 saturated heterocycles. The minimum absolute atomic E-state index is 0.624. The molecular weight excluding hydrogens is 290 g/mol. The Balaban J connectivity index is 2.52. The largest absolute Gasteiger partial charge is 0.493 e. The van der Waals surface area contributed by atoms with E-state index in [1.54, 1.807) is 6.07 Å². The van der Waals surface area contributed by atoms with Gasteiger partial charge in [-0.3, -0.25) is 0 Å². The van der Waals surface area contributed by atoms with Crippen molar-refractivity contribution < 1.29 is 4.74 Å². The predicted molar refractivity (Wildman–Crippen MR) is 77.7 cm³/mol. The van der Waals surface area contributed by atoms with E-state index in [4.69, 9.17) is 10.00 Å². The number of hydrogen-bond acceptors (Lipinski definition) is 2. The van der Waals surface area contributed by atoms with Gasteiger partial charge in [0.15, 0.2) is 0 Å². The molecule has 0 N–H and O–H groups in total. The molecule has 0 bridgehead atoms. The van der Waals surface area contributed by atoms with E-state index in [1.165, 1.54) is 19.3 Å². The van der Waals surface area contributed by atoms with Gasteiger partial charge in [0.1, 0.15) is 11.8 Å². The molecule has 0 aliphatic rings. The van der Waals surface area contributed by atoms with Crippen molar-refractivity contribution in [2.24, 2.45) is 5.92 Å². The molecule has 0 amide bonds. The first-order valence-corrected chi connectivity index (χ1v) is 7.33. The summed E-state index contributed by atoms with van der Waals surface area (Å²) in [6.07, 6.45) is 4.87. The van der Waals surface area contributed by atoms with Crippen molar-refractivity contribution >= 4 is 15.9 Å². The lowest BCUT2D eigenvalue weighted by molar-refractivity contribution is 0.233. The van der Waals surface area contributed by atoms with Gasteiger partial charge in [-0.05, 0) is 46.5 Å². The van der Waals surface area contributed by atoms with Crippen LogP contribution in [-0.4, -0.2) is 6.61 Å². The molecule has 3 heteroatoms. The zero-order valence-corrected chi connectivity index (χ0v) is 12.7. The van der Waals surface area contributed by atoms with E-state index in [-0.39, 0.29) is 0 Å². The van der Waals surface area contributed by atoms with E-state index in [0.717, 1.165) is 23.2 Å². The second-order valence-electron chi connectivity index (χ2n) is 4.48. The maximum atomic E-state index is 8.84. The molecule has 0 radical (unpaired) electrons. The fraction of sp³-hybridized carbons (Fsp3) is 0.533. The third-order valence-electron chi connectivity index (χ3n) is 3.09. The van der Waals surface area contributed by atoms with Crippen LogP contribution in [0.15, 0.2) is 22.7 Å². The molecule has 98 valence electrons. The molecule has 0 aliphatic heterocycles. The van der Waals surface area contributed by atoms with Crippen LogP contribution in [0.4, 0.5) is 0 Å². The first-order chi connectivity index (χ1) is 8.71. The second kappa shape index (κ2) is 8.16. The molecule has 1 aromatic carbocycles. The smallest absolute Gasteiger partial charge is 0.120 e. The minimum atomic E-state index is 0.624. The Bertz CT molecular complexity index is 411. The van der Waals surface area contributed by atoms with Crippen molar-refractivity contribution in [1.82, 2.24) is 0 Å². The van der Waals surface area contributed by atoms with Crippen LogP contribution in [-0.2, 0) is 0 Å². The zero-order chi connectivity index (χ0) is 13.4. The van der Waals surface area contributed by atoms with E-state index < -0.39 is 0 Å². The van der Waals surface area contributed by atoms with Crippen LogP contribution in [0.25, 0.3) is 0 Å². The number of nitriles is 1. The molecule has 0 spiro atoms. The third-order valence-corrected chi connectivity index (χ3v) is 3.75. The van der Waals surface area contributed by atoms with Gasteiger partial charge in [0.2, 0.25) is 0 Å². The van der Waals surface area contributed by atoms with Gasteiger partial charge in [-0.15, -0.1) is 0 Å². The molecule has 18 heavy (non-hydrogen) atoms. The van der Waals surface area contributed by atoms with Crippen molar-refractivity contribution in [3.63, 3.8) is 0 Å². The van der Waals surface area contributed by atoms with Gasteiger partial charge in [-0.1, -0.05) is 33.1 Å². The van der Waals surface area contributed by atoms with Gasteiger partial charge >= 0.3 is 0 Å². The van der Waals surface area contributed by atoms with Gasteiger partial charge in [-0.25, -0.2) is 0 Å². The third kappa shape index (κ3) is 4.70. The van der Waals surface area contributed by atoms with Gasteiger partial charge in [0.25, 0.3) is 0 Å². The second-order valence-corrected chi connectivity index (χ2v) is 5.34. The summed E-state index contributed by atoms with van der Waals surface area (Å²) in [5, 5.41) is 8.84. The molecule has 1 aromatic rings. The van der Waals surface area contributed by atoms with E-state index in [1.807, 2.05) is 12.1 Å². The Morgan fingerprint density at radius 3 is 2.72 bits per heavy atom. The van der Waals surface area contributed by atoms with Crippen molar-refractivity contribution in [2.75, 3.05) is 6.61 Å². The number of nitrogens with zero attached hydrogens (tertiary/aromatic N) is 1. The van der Waals surface area contributed by atoms with Crippen molar-refractivity contribution in [1.29, 1.82) is 5.26 Å². The van der Waals surface area contributed by atoms with Gasteiger partial charge in [0, 0.05) is 4.47 Å².